The molecule has 0 saturated heterocycles. The summed E-state index contributed by atoms with van der Waals surface area (Å²) in [6.45, 7) is -0.0664. The summed E-state index contributed by atoms with van der Waals surface area (Å²) in [6, 6.07) is 6.76. The number of nitrogen functional groups attached to an aromatic ring is 1. The zero-order chi connectivity index (χ0) is 15.8. The van der Waals surface area contributed by atoms with Crippen LogP contribution in [0.3, 0.4) is 0 Å². The number of hydrogen-bond acceptors (Lipinski definition) is 5. The molecule has 1 rings (SSSR count). The van der Waals surface area contributed by atoms with Crippen LogP contribution >= 0.6 is 0 Å². The largest absolute Gasteiger partial charge is 0.399 e. The zero-order valence-electron chi connectivity index (χ0n) is 11.5. The lowest BCUT2D eigenvalue weighted by atomic mass is 10.2. The predicted octanol–water partition coefficient (Wildman–Crippen LogP) is -1.13. The first kappa shape index (κ1) is 16.4. The lowest BCUT2D eigenvalue weighted by Crippen LogP contribution is -2.40. The van der Waals surface area contributed by atoms with E-state index >= 15 is 0 Å². The first-order valence-corrected chi connectivity index (χ1v) is 6.31. The van der Waals surface area contributed by atoms with Crippen molar-refractivity contribution in [2.45, 2.75) is 6.42 Å². The number of carbonyl (C=O) groups is 3. The van der Waals surface area contributed by atoms with Gasteiger partial charge in [0.05, 0.1) is 13.1 Å². The second kappa shape index (κ2) is 7.85. The average Bonchev–Trinajstić information content (AvgIpc) is 2.34. The molecule has 0 saturated carbocycles. The summed E-state index contributed by atoms with van der Waals surface area (Å²) in [5, 5.41) is 2.67. The van der Waals surface area contributed by atoms with Gasteiger partial charge < -0.3 is 22.5 Å². The Hall–Kier alpha value is -2.61. The summed E-state index contributed by atoms with van der Waals surface area (Å²) in [5.74, 6) is -1.44. The number of nitrogens with zero attached hydrogens (tertiary/aromatic N) is 1. The monoisotopic (exact) mass is 293 g/mol. The Kier molecular flexibility index (Phi) is 6.15. The van der Waals surface area contributed by atoms with E-state index in [4.69, 9.17) is 17.2 Å². The quantitative estimate of drug-likeness (QED) is 0.448. The standard InChI is InChI=1S/C13H19N5O3/c14-9-2-1-3-10(6-9)17-13(21)4-5-18(7-11(15)19)8-12(16)20/h1-3,6H,4-5,7-8,14H2,(H2,15,19)(H2,16,20)(H,17,21). The van der Waals surface area contributed by atoms with Crippen molar-refractivity contribution in [3.63, 3.8) is 0 Å². The van der Waals surface area contributed by atoms with Crippen molar-refractivity contribution in [1.29, 1.82) is 0 Å². The summed E-state index contributed by atoms with van der Waals surface area (Å²) in [7, 11) is 0. The Morgan fingerprint density at radius 3 is 2.24 bits per heavy atom. The number of hydrogen-bond donors (Lipinski definition) is 4. The molecule has 0 aliphatic heterocycles. The highest BCUT2D eigenvalue weighted by Crippen LogP contribution is 2.11. The Morgan fingerprint density at radius 1 is 1.10 bits per heavy atom. The molecule has 0 atom stereocenters. The van der Waals surface area contributed by atoms with E-state index in [0.29, 0.717) is 11.4 Å². The van der Waals surface area contributed by atoms with Crippen LogP contribution in [-0.4, -0.2) is 42.3 Å². The molecule has 1 aromatic carbocycles. The minimum absolute atomic E-state index is 0.0926. The Morgan fingerprint density at radius 2 is 1.71 bits per heavy atom. The van der Waals surface area contributed by atoms with Crippen molar-refractivity contribution in [3.05, 3.63) is 24.3 Å². The van der Waals surface area contributed by atoms with Crippen LogP contribution in [0.25, 0.3) is 0 Å². The molecule has 0 radical (unpaired) electrons. The molecule has 0 aromatic heterocycles. The van der Waals surface area contributed by atoms with Gasteiger partial charge in [-0.2, -0.15) is 0 Å². The van der Waals surface area contributed by atoms with Crippen molar-refractivity contribution in [3.8, 4) is 0 Å². The number of nitrogens with one attached hydrogen (secondary N) is 1. The maximum atomic E-state index is 11.8. The third kappa shape index (κ3) is 6.92. The van der Waals surface area contributed by atoms with Crippen LogP contribution in [0.2, 0.25) is 0 Å². The second-order valence-electron chi connectivity index (χ2n) is 4.57. The fourth-order valence-corrected chi connectivity index (χ4v) is 1.75. The van der Waals surface area contributed by atoms with E-state index in [1.165, 1.54) is 4.90 Å². The Balaban J connectivity index is 2.48. The van der Waals surface area contributed by atoms with Crippen molar-refractivity contribution < 1.29 is 14.4 Å². The lowest BCUT2D eigenvalue weighted by molar-refractivity contribution is -0.123. The fraction of sp³-hybridized carbons (Fsp3) is 0.308. The molecule has 0 heterocycles. The lowest BCUT2D eigenvalue weighted by Gasteiger charge is -2.18. The highest BCUT2D eigenvalue weighted by atomic mass is 16.2. The molecule has 21 heavy (non-hydrogen) atoms. The summed E-state index contributed by atoms with van der Waals surface area (Å²) in [4.78, 5) is 35.0. The highest BCUT2D eigenvalue weighted by molar-refractivity contribution is 5.91. The smallest absolute Gasteiger partial charge is 0.231 e. The fourth-order valence-electron chi connectivity index (χ4n) is 1.75. The third-order valence-corrected chi connectivity index (χ3v) is 2.58. The van der Waals surface area contributed by atoms with Crippen molar-refractivity contribution >= 4 is 29.1 Å². The van der Waals surface area contributed by atoms with E-state index in [9.17, 15) is 14.4 Å². The van der Waals surface area contributed by atoms with Gasteiger partial charge in [-0.15, -0.1) is 0 Å². The second-order valence-corrected chi connectivity index (χ2v) is 4.57. The van der Waals surface area contributed by atoms with Crippen molar-refractivity contribution in [2.75, 3.05) is 30.7 Å². The summed E-state index contributed by atoms with van der Waals surface area (Å²) in [6.07, 6.45) is 0.0926. The first-order chi connectivity index (χ1) is 9.86. The van der Waals surface area contributed by atoms with Crippen molar-refractivity contribution in [2.24, 2.45) is 11.5 Å². The van der Waals surface area contributed by atoms with Gasteiger partial charge in [-0.1, -0.05) is 6.07 Å². The maximum Gasteiger partial charge on any atom is 0.231 e. The molecule has 8 nitrogen and oxygen atoms in total. The van der Waals surface area contributed by atoms with Gasteiger partial charge in [-0.25, -0.2) is 0 Å². The molecule has 1 aromatic rings. The van der Waals surface area contributed by atoms with E-state index in [0.717, 1.165) is 0 Å². The van der Waals surface area contributed by atoms with Crippen LogP contribution in [0.5, 0.6) is 0 Å². The molecule has 0 spiro atoms. The van der Waals surface area contributed by atoms with Gasteiger partial charge in [0, 0.05) is 24.3 Å². The van der Waals surface area contributed by atoms with Crippen LogP contribution in [0.4, 0.5) is 11.4 Å². The predicted molar refractivity (Wildman–Crippen MR) is 78.9 cm³/mol. The first-order valence-electron chi connectivity index (χ1n) is 6.31. The number of nitrogens with two attached hydrogens (primary N) is 3. The third-order valence-electron chi connectivity index (χ3n) is 2.58. The maximum absolute atomic E-state index is 11.8. The molecule has 0 bridgehead atoms. The van der Waals surface area contributed by atoms with Crippen LogP contribution in [-0.2, 0) is 14.4 Å². The number of rotatable bonds is 8. The normalized spacial score (nSPS) is 10.3. The number of carbonyl (C=O) groups excluding carboxylic acids is 3. The van der Waals surface area contributed by atoms with Crippen LogP contribution < -0.4 is 22.5 Å². The van der Waals surface area contributed by atoms with E-state index in [1.807, 2.05) is 0 Å². The van der Waals surface area contributed by atoms with E-state index in [-0.39, 0.29) is 32.0 Å². The van der Waals surface area contributed by atoms with Gasteiger partial charge in [-0.3, -0.25) is 19.3 Å². The van der Waals surface area contributed by atoms with E-state index in [2.05, 4.69) is 5.32 Å². The van der Waals surface area contributed by atoms with E-state index in [1.54, 1.807) is 24.3 Å². The number of primary amides is 2. The average molecular weight is 293 g/mol. The molecular weight excluding hydrogens is 274 g/mol. The Labute approximate surface area is 122 Å². The van der Waals surface area contributed by atoms with Crippen molar-refractivity contribution in [1.82, 2.24) is 4.90 Å². The van der Waals surface area contributed by atoms with Gasteiger partial charge in [0.25, 0.3) is 0 Å². The van der Waals surface area contributed by atoms with Gasteiger partial charge in [0.2, 0.25) is 17.7 Å². The van der Waals surface area contributed by atoms with Gasteiger partial charge >= 0.3 is 0 Å². The number of anilines is 2. The van der Waals surface area contributed by atoms with Crippen LogP contribution in [0.15, 0.2) is 24.3 Å². The van der Waals surface area contributed by atoms with Gasteiger partial charge in [0.1, 0.15) is 0 Å². The number of benzene rings is 1. The van der Waals surface area contributed by atoms with E-state index < -0.39 is 11.8 Å². The SMILES string of the molecule is NC(=O)CN(CCC(=O)Nc1cccc(N)c1)CC(N)=O. The molecule has 8 heteroatoms. The minimum Gasteiger partial charge on any atom is -0.399 e. The van der Waals surface area contributed by atoms with Crippen LogP contribution in [0.1, 0.15) is 6.42 Å². The molecule has 3 amide bonds. The molecule has 0 aliphatic carbocycles. The zero-order valence-corrected chi connectivity index (χ0v) is 11.5. The van der Waals surface area contributed by atoms with Gasteiger partial charge in [-0.05, 0) is 18.2 Å². The molecular formula is C13H19N5O3. The highest BCUT2D eigenvalue weighted by Gasteiger charge is 2.13. The summed E-state index contributed by atoms with van der Waals surface area (Å²) < 4.78 is 0. The van der Waals surface area contributed by atoms with Gasteiger partial charge in [0.15, 0.2) is 0 Å². The Bertz CT molecular complexity index is 516. The molecule has 0 aliphatic rings. The summed E-state index contributed by atoms with van der Waals surface area (Å²) >= 11 is 0. The summed E-state index contributed by atoms with van der Waals surface area (Å²) in [5.41, 5.74) is 16.9. The topological polar surface area (TPSA) is 145 Å². The molecule has 0 unspecified atom stereocenters. The number of amides is 3. The molecule has 114 valence electrons. The molecule has 0 fully saturated rings. The molecule has 7 N–H and O–H groups in total. The van der Waals surface area contributed by atoms with Crippen LogP contribution in [0, 0.1) is 0 Å². The minimum atomic E-state index is -0.590.